The molecule has 5 heteroatoms. The third kappa shape index (κ3) is 9.58. The lowest BCUT2D eigenvalue weighted by Gasteiger charge is -2.03. The maximum Gasteiger partial charge on any atom is 0.0964 e. The molecule has 122 valence electrons. The van der Waals surface area contributed by atoms with Gasteiger partial charge in [0.25, 0.3) is 0 Å². The molecule has 21 heavy (non-hydrogen) atoms. The van der Waals surface area contributed by atoms with Crippen LogP contribution in [0.3, 0.4) is 0 Å². The number of nitrogens with one attached hydrogen (secondary N) is 1. The molecule has 0 bridgehead atoms. The first-order chi connectivity index (χ1) is 10.4. The van der Waals surface area contributed by atoms with Gasteiger partial charge in [-0.25, -0.2) is 0 Å². The molecule has 1 heterocycles. The number of unbranched alkanes of at least 4 members (excludes halogenated alkanes) is 7. The second-order valence-corrected chi connectivity index (χ2v) is 5.70. The predicted octanol–water partition coefficient (Wildman–Crippen LogP) is 2.89. The maximum absolute atomic E-state index is 8.77. The molecule has 0 spiro atoms. The number of aromatic nitrogens is 3. The maximum atomic E-state index is 8.77. The quantitative estimate of drug-likeness (QED) is 0.518. The SMILES string of the molecule is CCCCCCCCCCNCc1cn(CCCO)nn1. The molecule has 0 unspecified atom stereocenters. The van der Waals surface area contributed by atoms with Crippen LogP contribution in [0.25, 0.3) is 0 Å². The fourth-order valence-corrected chi connectivity index (χ4v) is 2.36. The van der Waals surface area contributed by atoms with Crippen LogP contribution in [0.5, 0.6) is 0 Å². The van der Waals surface area contributed by atoms with E-state index in [9.17, 15) is 0 Å². The summed E-state index contributed by atoms with van der Waals surface area (Å²) in [5.74, 6) is 0. The highest BCUT2D eigenvalue weighted by atomic mass is 16.3. The highest BCUT2D eigenvalue weighted by Crippen LogP contribution is 2.07. The van der Waals surface area contributed by atoms with Crippen molar-refractivity contribution in [1.82, 2.24) is 20.3 Å². The van der Waals surface area contributed by atoms with E-state index >= 15 is 0 Å². The van der Waals surface area contributed by atoms with Crippen LogP contribution in [-0.2, 0) is 13.1 Å². The van der Waals surface area contributed by atoms with E-state index in [1.807, 2.05) is 6.20 Å². The molecule has 1 rings (SSSR count). The molecule has 0 aromatic carbocycles. The van der Waals surface area contributed by atoms with Gasteiger partial charge in [0.05, 0.1) is 5.69 Å². The van der Waals surface area contributed by atoms with E-state index in [0.717, 1.165) is 31.7 Å². The van der Waals surface area contributed by atoms with Crippen molar-refractivity contribution in [3.8, 4) is 0 Å². The molecule has 0 aliphatic rings. The molecule has 0 saturated carbocycles. The summed E-state index contributed by atoms with van der Waals surface area (Å²) in [4.78, 5) is 0. The molecule has 1 aromatic heterocycles. The largest absolute Gasteiger partial charge is 0.396 e. The Morgan fingerprint density at radius 3 is 2.48 bits per heavy atom. The molecule has 0 saturated heterocycles. The van der Waals surface area contributed by atoms with Crippen LogP contribution in [-0.4, -0.2) is 33.3 Å². The van der Waals surface area contributed by atoms with Gasteiger partial charge in [-0.05, 0) is 19.4 Å². The van der Waals surface area contributed by atoms with Gasteiger partial charge in [-0.1, -0.05) is 57.1 Å². The Hall–Kier alpha value is -0.940. The lowest BCUT2D eigenvalue weighted by atomic mass is 10.1. The van der Waals surface area contributed by atoms with Gasteiger partial charge in [-0.15, -0.1) is 5.10 Å². The van der Waals surface area contributed by atoms with Crippen LogP contribution >= 0.6 is 0 Å². The second-order valence-electron chi connectivity index (χ2n) is 5.70. The smallest absolute Gasteiger partial charge is 0.0964 e. The van der Waals surface area contributed by atoms with E-state index < -0.39 is 0 Å². The molecule has 0 aliphatic heterocycles. The predicted molar refractivity (Wildman–Crippen MR) is 86.0 cm³/mol. The molecule has 0 aliphatic carbocycles. The topological polar surface area (TPSA) is 63.0 Å². The van der Waals surface area contributed by atoms with Gasteiger partial charge in [0.15, 0.2) is 0 Å². The Morgan fingerprint density at radius 2 is 1.76 bits per heavy atom. The van der Waals surface area contributed by atoms with Gasteiger partial charge in [0.1, 0.15) is 0 Å². The Balaban J connectivity index is 1.91. The van der Waals surface area contributed by atoms with Crippen LogP contribution < -0.4 is 5.32 Å². The lowest BCUT2D eigenvalue weighted by Crippen LogP contribution is -2.14. The lowest BCUT2D eigenvalue weighted by molar-refractivity contribution is 0.276. The fraction of sp³-hybridized carbons (Fsp3) is 0.875. The van der Waals surface area contributed by atoms with Crippen molar-refractivity contribution in [3.05, 3.63) is 11.9 Å². The summed E-state index contributed by atoms with van der Waals surface area (Å²) < 4.78 is 1.80. The summed E-state index contributed by atoms with van der Waals surface area (Å²) in [7, 11) is 0. The molecule has 2 N–H and O–H groups in total. The standard InChI is InChI=1S/C16H32N4O/c1-2-3-4-5-6-7-8-9-11-17-14-16-15-20(19-18-16)12-10-13-21/h15,17,21H,2-14H2,1H3. The van der Waals surface area contributed by atoms with Crippen LogP contribution in [0.2, 0.25) is 0 Å². The number of aliphatic hydroxyl groups is 1. The Morgan fingerprint density at radius 1 is 1.05 bits per heavy atom. The molecule has 5 nitrogen and oxygen atoms in total. The Bertz CT molecular complexity index is 341. The van der Waals surface area contributed by atoms with Crippen molar-refractivity contribution in [2.24, 2.45) is 0 Å². The van der Waals surface area contributed by atoms with E-state index in [1.165, 1.54) is 51.4 Å². The zero-order valence-electron chi connectivity index (χ0n) is 13.6. The fourth-order valence-electron chi connectivity index (χ4n) is 2.36. The minimum atomic E-state index is 0.200. The van der Waals surface area contributed by atoms with Gasteiger partial charge in [0.2, 0.25) is 0 Å². The summed E-state index contributed by atoms with van der Waals surface area (Å²) in [6.45, 7) is 5.04. The van der Waals surface area contributed by atoms with Gasteiger partial charge in [-0.2, -0.15) is 0 Å². The van der Waals surface area contributed by atoms with Gasteiger partial charge >= 0.3 is 0 Å². The number of aryl methyl sites for hydroxylation is 1. The molecular formula is C16H32N4O. The van der Waals surface area contributed by atoms with Crippen molar-refractivity contribution >= 4 is 0 Å². The molecule has 0 atom stereocenters. The number of hydrogen-bond donors (Lipinski definition) is 2. The van der Waals surface area contributed by atoms with Gasteiger partial charge < -0.3 is 10.4 Å². The van der Waals surface area contributed by atoms with Crippen LogP contribution in [0.4, 0.5) is 0 Å². The molecular weight excluding hydrogens is 264 g/mol. The normalized spacial score (nSPS) is 11.1. The average molecular weight is 296 g/mol. The summed E-state index contributed by atoms with van der Waals surface area (Å²) in [6.07, 6.45) is 13.5. The third-order valence-electron chi connectivity index (χ3n) is 3.64. The van der Waals surface area contributed by atoms with E-state index in [0.29, 0.717) is 0 Å². The minimum Gasteiger partial charge on any atom is -0.396 e. The minimum absolute atomic E-state index is 0.200. The average Bonchev–Trinajstić information content (AvgIpc) is 2.95. The van der Waals surface area contributed by atoms with Crippen LogP contribution in [0.15, 0.2) is 6.20 Å². The summed E-state index contributed by atoms with van der Waals surface area (Å²) in [6, 6.07) is 0. The van der Waals surface area contributed by atoms with Gasteiger partial charge in [-0.3, -0.25) is 4.68 Å². The number of aliphatic hydroxyl groups excluding tert-OH is 1. The van der Waals surface area contributed by atoms with Crippen molar-refractivity contribution in [2.75, 3.05) is 13.2 Å². The molecule has 0 amide bonds. The second kappa shape index (κ2) is 12.8. The van der Waals surface area contributed by atoms with E-state index in [2.05, 4.69) is 22.6 Å². The highest BCUT2D eigenvalue weighted by molar-refractivity contribution is 4.91. The first kappa shape index (κ1) is 18.1. The van der Waals surface area contributed by atoms with Crippen LogP contribution in [0, 0.1) is 0 Å². The van der Waals surface area contributed by atoms with E-state index in [1.54, 1.807) is 4.68 Å². The summed E-state index contributed by atoms with van der Waals surface area (Å²) in [5.41, 5.74) is 0.979. The number of hydrogen-bond acceptors (Lipinski definition) is 4. The summed E-state index contributed by atoms with van der Waals surface area (Å²) in [5, 5.41) is 20.3. The zero-order chi connectivity index (χ0) is 15.2. The van der Waals surface area contributed by atoms with Crippen molar-refractivity contribution < 1.29 is 5.11 Å². The number of nitrogens with zero attached hydrogens (tertiary/aromatic N) is 3. The van der Waals surface area contributed by atoms with Crippen molar-refractivity contribution in [1.29, 1.82) is 0 Å². The summed E-state index contributed by atoms with van der Waals surface area (Å²) >= 11 is 0. The van der Waals surface area contributed by atoms with Crippen molar-refractivity contribution in [2.45, 2.75) is 77.8 Å². The Kier molecular flexibility index (Phi) is 11.0. The van der Waals surface area contributed by atoms with Gasteiger partial charge in [0, 0.05) is 25.9 Å². The Labute approximate surface area is 129 Å². The first-order valence-electron chi connectivity index (χ1n) is 8.57. The van der Waals surface area contributed by atoms with Crippen molar-refractivity contribution in [3.63, 3.8) is 0 Å². The highest BCUT2D eigenvalue weighted by Gasteiger charge is 2.00. The number of rotatable bonds is 14. The molecule has 0 fully saturated rings. The monoisotopic (exact) mass is 296 g/mol. The molecule has 0 radical (unpaired) electrons. The third-order valence-corrected chi connectivity index (χ3v) is 3.64. The van der Waals surface area contributed by atoms with E-state index in [-0.39, 0.29) is 6.61 Å². The zero-order valence-corrected chi connectivity index (χ0v) is 13.6. The van der Waals surface area contributed by atoms with Crippen LogP contribution in [0.1, 0.15) is 70.4 Å². The van der Waals surface area contributed by atoms with E-state index in [4.69, 9.17) is 5.11 Å². The molecule has 1 aromatic rings. The first-order valence-corrected chi connectivity index (χ1v) is 8.57.